The summed E-state index contributed by atoms with van der Waals surface area (Å²) in [6, 6.07) is 3.23. The third-order valence-electron chi connectivity index (χ3n) is 2.75. The Labute approximate surface area is 135 Å². The van der Waals surface area contributed by atoms with Crippen molar-refractivity contribution in [3.05, 3.63) is 28.8 Å². The van der Waals surface area contributed by atoms with Crippen molar-refractivity contribution in [3.8, 4) is 11.5 Å². The summed E-state index contributed by atoms with van der Waals surface area (Å²) >= 11 is 0.140. The summed E-state index contributed by atoms with van der Waals surface area (Å²) in [4.78, 5) is 23.6. The van der Waals surface area contributed by atoms with Gasteiger partial charge in [0, 0.05) is 5.56 Å². The van der Waals surface area contributed by atoms with Crippen LogP contribution in [0, 0.1) is 0 Å². The molecule has 0 radical (unpaired) electrons. The van der Waals surface area contributed by atoms with E-state index >= 15 is 0 Å². The minimum Gasteiger partial charge on any atom is -0.454 e. The number of benzene rings is 1. The first-order valence-electron chi connectivity index (χ1n) is 6.25. The zero-order valence-corrected chi connectivity index (χ0v) is 12.3. The van der Waals surface area contributed by atoms with Crippen molar-refractivity contribution in [2.24, 2.45) is 0 Å². The molecule has 24 heavy (non-hydrogen) atoms. The number of hydrogen-bond donors (Lipinski definition) is 2. The number of ether oxygens (including phenoxy) is 2. The number of halogens is 3. The fourth-order valence-electron chi connectivity index (χ4n) is 1.73. The maximum atomic E-state index is 12.4. The van der Waals surface area contributed by atoms with Crippen molar-refractivity contribution in [2.75, 3.05) is 12.1 Å². The molecule has 0 unspecified atom stereocenters. The Morgan fingerprint density at radius 2 is 1.92 bits per heavy atom. The van der Waals surface area contributed by atoms with Gasteiger partial charge in [-0.1, -0.05) is 11.3 Å². The first-order chi connectivity index (χ1) is 11.3. The van der Waals surface area contributed by atoms with Crippen LogP contribution in [0.25, 0.3) is 0 Å². The van der Waals surface area contributed by atoms with E-state index in [1.165, 1.54) is 18.2 Å². The zero-order chi connectivity index (χ0) is 17.3. The van der Waals surface area contributed by atoms with Gasteiger partial charge in [-0.05, 0) is 18.2 Å². The van der Waals surface area contributed by atoms with E-state index < -0.39 is 28.3 Å². The van der Waals surface area contributed by atoms with Crippen molar-refractivity contribution in [3.63, 3.8) is 0 Å². The largest absolute Gasteiger partial charge is 0.454 e. The van der Waals surface area contributed by atoms with Crippen LogP contribution < -0.4 is 20.1 Å². The zero-order valence-electron chi connectivity index (χ0n) is 11.5. The van der Waals surface area contributed by atoms with Gasteiger partial charge in [-0.15, -0.1) is 10.2 Å². The second-order valence-corrected chi connectivity index (χ2v) is 5.36. The van der Waals surface area contributed by atoms with Gasteiger partial charge in [0.05, 0.1) is 0 Å². The number of amides is 3. The Balaban J connectivity index is 1.62. The molecular formula is C12H7F3N4O4S. The minimum atomic E-state index is -4.66. The Morgan fingerprint density at radius 3 is 2.62 bits per heavy atom. The molecule has 1 aliphatic heterocycles. The monoisotopic (exact) mass is 360 g/mol. The number of hydrogen-bond acceptors (Lipinski definition) is 7. The molecule has 8 nitrogen and oxygen atoms in total. The Bertz CT molecular complexity index is 808. The van der Waals surface area contributed by atoms with E-state index in [0.29, 0.717) is 11.5 Å². The highest BCUT2D eigenvalue weighted by Gasteiger charge is 2.35. The van der Waals surface area contributed by atoms with Crippen LogP contribution in [0.4, 0.5) is 23.1 Å². The maximum Gasteiger partial charge on any atom is 0.445 e. The van der Waals surface area contributed by atoms with Crippen LogP contribution in [0.3, 0.4) is 0 Å². The highest BCUT2D eigenvalue weighted by Crippen LogP contribution is 2.33. The number of rotatable bonds is 2. The molecule has 1 aromatic carbocycles. The Hall–Kier alpha value is -2.89. The number of anilines is 1. The van der Waals surface area contributed by atoms with Crippen molar-refractivity contribution in [1.82, 2.24) is 15.5 Å². The van der Waals surface area contributed by atoms with Crippen LogP contribution in [0.5, 0.6) is 11.5 Å². The van der Waals surface area contributed by atoms with E-state index in [9.17, 15) is 22.8 Å². The smallest absolute Gasteiger partial charge is 0.445 e. The van der Waals surface area contributed by atoms with Crippen LogP contribution in [0.15, 0.2) is 18.2 Å². The molecule has 0 fully saturated rings. The number of nitrogens with zero attached hydrogens (tertiary/aromatic N) is 2. The van der Waals surface area contributed by atoms with Crippen molar-refractivity contribution in [1.29, 1.82) is 0 Å². The van der Waals surface area contributed by atoms with Gasteiger partial charge in [-0.3, -0.25) is 15.4 Å². The lowest BCUT2D eigenvalue weighted by Gasteiger charge is -2.05. The normalized spacial score (nSPS) is 12.8. The van der Waals surface area contributed by atoms with Gasteiger partial charge in [-0.25, -0.2) is 4.79 Å². The molecule has 3 rings (SSSR count). The fourth-order valence-corrected chi connectivity index (χ4v) is 2.34. The summed E-state index contributed by atoms with van der Waals surface area (Å²) in [6.07, 6.45) is -4.66. The van der Waals surface area contributed by atoms with Gasteiger partial charge in [-0.2, -0.15) is 13.2 Å². The first kappa shape index (κ1) is 16.0. The topological polar surface area (TPSA) is 102 Å². The maximum absolute atomic E-state index is 12.4. The number of imide groups is 1. The number of urea groups is 1. The standard InChI is InChI=1S/C12H7F3N4O4S/c13-12(14,15)9-18-19-11(24-9)17-10(21)16-8(20)5-1-2-6-7(3-5)23-4-22-6/h1-3H,4H2,(H2,16,17,19,20,21). The summed E-state index contributed by atoms with van der Waals surface area (Å²) < 4.78 is 47.3. The van der Waals surface area contributed by atoms with Crippen molar-refractivity contribution >= 4 is 28.4 Å². The average molecular weight is 360 g/mol. The van der Waals surface area contributed by atoms with E-state index in [0.717, 1.165) is 0 Å². The first-order valence-corrected chi connectivity index (χ1v) is 7.07. The molecule has 2 heterocycles. The van der Waals surface area contributed by atoms with Gasteiger partial charge >= 0.3 is 12.2 Å². The Morgan fingerprint density at radius 1 is 1.17 bits per heavy atom. The second kappa shape index (κ2) is 5.96. The van der Waals surface area contributed by atoms with Crippen LogP contribution in [0.2, 0.25) is 0 Å². The molecule has 0 saturated heterocycles. The predicted octanol–water partition coefficient (Wildman–Crippen LogP) is 2.25. The summed E-state index contributed by atoms with van der Waals surface area (Å²) in [7, 11) is 0. The van der Waals surface area contributed by atoms with Gasteiger partial charge in [0.2, 0.25) is 16.9 Å². The second-order valence-electron chi connectivity index (χ2n) is 4.39. The molecular weight excluding hydrogens is 353 g/mol. The quantitative estimate of drug-likeness (QED) is 0.852. The van der Waals surface area contributed by atoms with Crippen LogP contribution in [-0.2, 0) is 6.18 Å². The summed E-state index contributed by atoms with van der Waals surface area (Å²) in [6.45, 7) is 0.0273. The summed E-state index contributed by atoms with van der Waals surface area (Å²) in [5.41, 5.74) is 0.114. The SMILES string of the molecule is O=C(NC(=O)c1ccc2c(c1)OCO2)Nc1nnc(C(F)(F)F)s1. The van der Waals surface area contributed by atoms with E-state index in [1.54, 1.807) is 0 Å². The summed E-state index contributed by atoms with van der Waals surface area (Å²) in [5, 5.41) is 8.44. The van der Waals surface area contributed by atoms with Gasteiger partial charge < -0.3 is 9.47 Å². The molecule has 3 amide bonds. The van der Waals surface area contributed by atoms with E-state index in [1.807, 2.05) is 10.6 Å². The third-order valence-corrected chi connectivity index (χ3v) is 3.63. The lowest BCUT2D eigenvalue weighted by Crippen LogP contribution is -2.34. The Kier molecular flexibility index (Phi) is 3.97. The minimum absolute atomic E-state index is 0.0273. The van der Waals surface area contributed by atoms with Crippen LogP contribution >= 0.6 is 11.3 Å². The lowest BCUT2D eigenvalue weighted by molar-refractivity contribution is -0.138. The highest BCUT2D eigenvalue weighted by molar-refractivity contribution is 7.15. The van der Waals surface area contributed by atoms with Crippen LogP contribution in [0.1, 0.15) is 15.4 Å². The number of fused-ring (bicyclic) bond motifs is 1. The molecule has 0 saturated carbocycles. The predicted molar refractivity (Wildman–Crippen MR) is 74.0 cm³/mol. The van der Waals surface area contributed by atoms with E-state index in [4.69, 9.17) is 9.47 Å². The molecule has 0 spiro atoms. The average Bonchev–Trinajstić information content (AvgIpc) is 3.14. The van der Waals surface area contributed by atoms with E-state index in [-0.39, 0.29) is 23.7 Å². The van der Waals surface area contributed by atoms with Gasteiger partial charge in [0.25, 0.3) is 5.91 Å². The molecule has 126 valence electrons. The number of alkyl halides is 3. The van der Waals surface area contributed by atoms with Crippen molar-refractivity contribution < 1.29 is 32.2 Å². The molecule has 1 aliphatic rings. The lowest BCUT2D eigenvalue weighted by atomic mass is 10.2. The molecule has 1 aromatic heterocycles. The number of aromatic nitrogens is 2. The molecule has 2 N–H and O–H groups in total. The number of carbonyl (C=O) groups is 2. The highest BCUT2D eigenvalue weighted by atomic mass is 32.1. The summed E-state index contributed by atoms with van der Waals surface area (Å²) in [5.74, 6) is 0.0397. The number of nitrogens with one attached hydrogen (secondary N) is 2. The fraction of sp³-hybridized carbons (Fsp3) is 0.167. The van der Waals surface area contributed by atoms with Gasteiger partial charge in [0.1, 0.15) is 0 Å². The van der Waals surface area contributed by atoms with Gasteiger partial charge in [0.15, 0.2) is 11.5 Å². The molecule has 0 bridgehead atoms. The third kappa shape index (κ3) is 3.37. The molecule has 2 aromatic rings. The van der Waals surface area contributed by atoms with Crippen molar-refractivity contribution in [2.45, 2.75) is 6.18 Å². The number of carbonyl (C=O) groups excluding carboxylic acids is 2. The molecule has 0 aliphatic carbocycles. The van der Waals surface area contributed by atoms with Crippen LogP contribution in [-0.4, -0.2) is 28.9 Å². The molecule has 12 heteroatoms. The van der Waals surface area contributed by atoms with E-state index in [2.05, 4.69) is 10.2 Å². The molecule has 0 atom stereocenters.